The Bertz CT molecular complexity index is 887. The van der Waals surface area contributed by atoms with Gasteiger partial charge < -0.3 is 30.1 Å². The highest BCUT2D eigenvalue weighted by Gasteiger charge is 2.41. The fourth-order valence-electron chi connectivity index (χ4n) is 3.23. The third-order valence-corrected chi connectivity index (χ3v) is 4.63. The summed E-state index contributed by atoms with van der Waals surface area (Å²) in [6, 6.07) is 4.51. The van der Waals surface area contributed by atoms with Crippen LogP contribution in [0.4, 0.5) is 4.79 Å². The third kappa shape index (κ3) is 8.66. The van der Waals surface area contributed by atoms with Crippen molar-refractivity contribution in [2.24, 2.45) is 0 Å². The van der Waals surface area contributed by atoms with Crippen LogP contribution in [-0.4, -0.2) is 71.3 Å². The standard InChI is InChI=1S/C24H37N3O7/c1-15-10-9-11-16(12-15)19(20(30)25-13-18(29)33-8)27(23(2,3)4)21(31)17(14-28)26-22(32)34-24(5,6)7/h9-12,17,19,28H,13-14H2,1-8H3,(H,25,30)(H,26,32). The van der Waals surface area contributed by atoms with Crippen LogP contribution in [0, 0.1) is 6.92 Å². The van der Waals surface area contributed by atoms with Crippen LogP contribution in [0.25, 0.3) is 0 Å². The Balaban J connectivity index is 3.44. The van der Waals surface area contributed by atoms with Crippen molar-refractivity contribution < 1.29 is 33.8 Å². The van der Waals surface area contributed by atoms with E-state index in [-0.39, 0.29) is 6.54 Å². The molecule has 0 radical (unpaired) electrons. The minimum Gasteiger partial charge on any atom is -0.468 e. The highest BCUT2D eigenvalue weighted by Crippen LogP contribution is 2.30. The number of carbonyl (C=O) groups is 4. The average Bonchev–Trinajstić information content (AvgIpc) is 2.71. The first-order valence-corrected chi connectivity index (χ1v) is 11.0. The van der Waals surface area contributed by atoms with Gasteiger partial charge in [-0.1, -0.05) is 29.8 Å². The van der Waals surface area contributed by atoms with E-state index < -0.39 is 53.7 Å². The van der Waals surface area contributed by atoms with Crippen LogP contribution in [0.2, 0.25) is 0 Å². The monoisotopic (exact) mass is 479 g/mol. The van der Waals surface area contributed by atoms with Crippen LogP contribution in [0.15, 0.2) is 24.3 Å². The van der Waals surface area contributed by atoms with Crippen molar-refractivity contribution in [1.82, 2.24) is 15.5 Å². The molecule has 1 rings (SSSR count). The van der Waals surface area contributed by atoms with E-state index in [1.54, 1.807) is 59.7 Å². The zero-order valence-corrected chi connectivity index (χ0v) is 21.2. The van der Waals surface area contributed by atoms with Gasteiger partial charge in [0.15, 0.2) is 0 Å². The van der Waals surface area contributed by atoms with Gasteiger partial charge in [-0.2, -0.15) is 0 Å². The maximum absolute atomic E-state index is 13.6. The molecule has 0 saturated heterocycles. The largest absolute Gasteiger partial charge is 0.468 e. The van der Waals surface area contributed by atoms with Crippen LogP contribution in [0.3, 0.4) is 0 Å². The number of aliphatic hydroxyl groups excluding tert-OH is 1. The fourth-order valence-corrected chi connectivity index (χ4v) is 3.23. The Labute approximate surface area is 201 Å². The Kier molecular flexibility index (Phi) is 10.0. The van der Waals surface area contributed by atoms with E-state index in [4.69, 9.17) is 4.74 Å². The number of amides is 3. The van der Waals surface area contributed by atoms with Crippen molar-refractivity contribution in [2.45, 2.75) is 71.7 Å². The average molecular weight is 480 g/mol. The molecule has 0 saturated carbocycles. The van der Waals surface area contributed by atoms with Crippen molar-refractivity contribution in [3.8, 4) is 0 Å². The lowest BCUT2D eigenvalue weighted by atomic mass is 9.94. The molecule has 0 heterocycles. The van der Waals surface area contributed by atoms with Crippen molar-refractivity contribution in [3.63, 3.8) is 0 Å². The predicted molar refractivity (Wildman–Crippen MR) is 126 cm³/mol. The number of hydrogen-bond donors (Lipinski definition) is 3. The smallest absolute Gasteiger partial charge is 0.408 e. The molecule has 3 N–H and O–H groups in total. The Morgan fingerprint density at radius 1 is 1.09 bits per heavy atom. The molecule has 0 aliphatic heterocycles. The molecular formula is C24H37N3O7. The van der Waals surface area contributed by atoms with Gasteiger partial charge in [0.05, 0.1) is 13.7 Å². The van der Waals surface area contributed by atoms with E-state index in [0.29, 0.717) is 5.56 Å². The van der Waals surface area contributed by atoms with Crippen molar-refractivity contribution in [3.05, 3.63) is 35.4 Å². The molecule has 10 heteroatoms. The number of aliphatic hydroxyl groups is 1. The second-order valence-electron chi connectivity index (χ2n) is 9.87. The van der Waals surface area contributed by atoms with Crippen LogP contribution >= 0.6 is 0 Å². The zero-order chi connectivity index (χ0) is 26.3. The summed E-state index contributed by atoms with van der Waals surface area (Å²) in [7, 11) is 1.20. The summed E-state index contributed by atoms with van der Waals surface area (Å²) < 4.78 is 9.80. The van der Waals surface area contributed by atoms with Gasteiger partial charge in [0, 0.05) is 5.54 Å². The van der Waals surface area contributed by atoms with Crippen LogP contribution in [-0.2, 0) is 23.9 Å². The highest BCUT2D eigenvalue weighted by molar-refractivity contribution is 5.93. The van der Waals surface area contributed by atoms with Crippen LogP contribution in [0.1, 0.15) is 58.7 Å². The van der Waals surface area contributed by atoms with Crippen molar-refractivity contribution in [2.75, 3.05) is 20.3 Å². The van der Waals surface area contributed by atoms with Crippen molar-refractivity contribution >= 4 is 23.9 Å². The van der Waals surface area contributed by atoms with E-state index in [2.05, 4.69) is 15.4 Å². The first-order chi connectivity index (χ1) is 15.6. The topological polar surface area (TPSA) is 134 Å². The van der Waals surface area contributed by atoms with Gasteiger partial charge in [0.2, 0.25) is 11.8 Å². The number of ether oxygens (including phenoxy) is 2. The van der Waals surface area contributed by atoms with Gasteiger partial charge in [-0.05, 0) is 54.0 Å². The molecule has 0 bridgehead atoms. The summed E-state index contributed by atoms with van der Waals surface area (Å²) in [6.07, 6.45) is -0.879. The molecule has 1 aromatic carbocycles. The maximum Gasteiger partial charge on any atom is 0.408 e. The number of aryl methyl sites for hydroxylation is 1. The number of alkyl carbamates (subject to hydrolysis) is 1. The Morgan fingerprint density at radius 2 is 1.71 bits per heavy atom. The van der Waals surface area contributed by atoms with Gasteiger partial charge in [0.1, 0.15) is 24.2 Å². The van der Waals surface area contributed by atoms with Gasteiger partial charge in [-0.15, -0.1) is 0 Å². The number of carbonyl (C=O) groups excluding carboxylic acids is 4. The molecule has 0 spiro atoms. The fraction of sp³-hybridized carbons (Fsp3) is 0.583. The highest BCUT2D eigenvalue weighted by atomic mass is 16.6. The lowest BCUT2D eigenvalue weighted by Gasteiger charge is -2.42. The van der Waals surface area contributed by atoms with E-state index in [1.165, 1.54) is 12.0 Å². The minimum absolute atomic E-state index is 0.386. The number of benzene rings is 1. The molecule has 0 fully saturated rings. The zero-order valence-electron chi connectivity index (χ0n) is 21.2. The number of methoxy groups -OCH3 is 1. The van der Waals surface area contributed by atoms with Crippen LogP contribution < -0.4 is 10.6 Å². The van der Waals surface area contributed by atoms with Gasteiger partial charge in [0.25, 0.3) is 0 Å². The maximum atomic E-state index is 13.6. The normalized spacial score (nSPS) is 13.3. The molecule has 1 aromatic rings. The summed E-state index contributed by atoms with van der Waals surface area (Å²) in [4.78, 5) is 52.1. The summed E-state index contributed by atoms with van der Waals surface area (Å²) >= 11 is 0. The van der Waals surface area contributed by atoms with Gasteiger partial charge >= 0.3 is 12.1 Å². The quantitative estimate of drug-likeness (QED) is 0.484. The first kappa shape index (κ1) is 28.9. The lowest BCUT2D eigenvalue weighted by Crippen LogP contribution is -2.59. The number of rotatable bonds is 8. The molecule has 34 heavy (non-hydrogen) atoms. The van der Waals surface area contributed by atoms with Crippen molar-refractivity contribution in [1.29, 1.82) is 0 Å². The van der Waals surface area contributed by atoms with Gasteiger partial charge in [-0.25, -0.2) is 4.79 Å². The lowest BCUT2D eigenvalue weighted by molar-refractivity contribution is -0.150. The molecule has 0 aliphatic carbocycles. The van der Waals surface area contributed by atoms with E-state index in [1.807, 2.05) is 13.0 Å². The van der Waals surface area contributed by atoms with Crippen LogP contribution in [0.5, 0.6) is 0 Å². The molecule has 190 valence electrons. The van der Waals surface area contributed by atoms with E-state index in [0.717, 1.165) is 5.56 Å². The molecule has 2 atom stereocenters. The molecule has 3 amide bonds. The number of nitrogens with zero attached hydrogens (tertiary/aromatic N) is 1. The molecule has 10 nitrogen and oxygen atoms in total. The summed E-state index contributed by atoms with van der Waals surface area (Å²) in [5.41, 5.74) is -0.374. The molecule has 0 aliphatic rings. The number of hydrogen-bond acceptors (Lipinski definition) is 7. The van der Waals surface area contributed by atoms with E-state index in [9.17, 15) is 24.3 Å². The second kappa shape index (κ2) is 11.8. The molecule has 2 unspecified atom stereocenters. The SMILES string of the molecule is COC(=O)CNC(=O)C(c1cccc(C)c1)N(C(=O)C(CO)NC(=O)OC(C)(C)C)C(C)(C)C. The molecule has 0 aromatic heterocycles. The van der Waals surface area contributed by atoms with E-state index >= 15 is 0 Å². The minimum atomic E-state index is -1.37. The summed E-state index contributed by atoms with van der Waals surface area (Å²) in [5, 5.41) is 14.8. The molecular weight excluding hydrogens is 442 g/mol. The third-order valence-electron chi connectivity index (χ3n) is 4.63. The number of esters is 1. The number of nitrogens with one attached hydrogen (secondary N) is 2. The Hall–Kier alpha value is -3.14. The van der Waals surface area contributed by atoms with Gasteiger partial charge in [-0.3, -0.25) is 14.4 Å². The predicted octanol–water partition coefficient (Wildman–Crippen LogP) is 1.84. The Morgan fingerprint density at radius 3 is 2.18 bits per heavy atom. The first-order valence-electron chi connectivity index (χ1n) is 11.0. The summed E-state index contributed by atoms with van der Waals surface area (Å²) in [5.74, 6) is -1.96. The second-order valence-corrected chi connectivity index (χ2v) is 9.87. The summed E-state index contributed by atoms with van der Waals surface area (Å²) in [6.45, 7) is 10.9.